The summed E-state index contributed by atoms with van der Waals surface area (Å²) >= 11 is 1.25. The van der Waals surface area contributed by atoms with Gasteiger partial charge in [-0.2, -0.15) is 0 Å². The monoisotopic (exact) mass is 254 g/mol. The number of carbonyl (C=O) groups is 1. The number of hydrogen-bond acceptors (Lipinski definition) is 5. The number of anilines is 1. The molecule has 1 aromatic rings. The molecule has 2 heterocycles. The van der Waals surface area contributed by atoms with Gasteiger partial charge in [-0.15, -0.1) is 11.3 Å². The summed E-state index contributed by atoms with van der Waals surface area (Å²) in [7, 11) is 0. The van der Waals surface area contributed by atoms with Gasteiger partial charge >= 0.3 is 5.69 Å². The molecular formula is C11H14N2O3S. The minimum absolute atomic E-state index is 0.0245. The predicted molar refractivity (Wildman–Crippen MR) is 67.0 cm³/mol. The molecule has 17 heavy (non-hydrogen) atoms. The topological polar surface area (TPSA) is 63.4 Å². The molecule has 1 aliphatic rings. The summed E-state index contributed by atoms with van der Waals surface area (Å²) in [6.07, 6.45) is 2.51. The quantitative estimate of drug-likeness (QED) is 0.471. The lowest BCUT2D eigenvalue weighted by molar-refractivity contribution is -0.383. The highest BCUT2D eigenvalue weighted by Crippen LogP contribution is 2.39. The third-order valence-corrected chi connectivity index (χ3v) is 4.11. The van der Waals surface area contributed by atoms with Gasteiger partial charge in [0, 0.05) is 25.6 Å². The van der Waals surface area contributed by atoms with Gasteiger partial charge in [0.1, 0.15) is 0 Å². The molecule has 0 spiro atoms. The maximum Gasteiger partial charge on any atom is 0.304 e. The first-order valence-corrected chi connectivity index (χ1v) is 6.51. The Kier molecular flexibility index (Phi) is 3.42. The van der Waals surface area contributed by atoms with Crippen molar-refractivity contribution in [3.63, 3.8) is 0 Å². The molecule has 0 amide bonds. The first-order valence-electron chi connectivity index (χ1n) is 5.70. The largest absolute Gasteiger partial charge is 0.358 e. The van der Waals surface area contributed by atoms with E-state index in [9.17, 15) is 14.9 Å². The molecule has 1 aliphatic heterocycles. The van der Waals surface area contributed by atoms with Crippen molar-refractivity contribution in [1.29, 1.82) is 0 Å². The highest BCUT2D eigenvalue weighted by Gasteiger charge is 2.27. The number of Topliss-reactive ketones (excluding diaryl/α,β-unsaturated/α-hetero) is 1. The summed E-state index contributed by atoms with van der Waals surface area (Å²) < 4.78 is 0. The van der Waals surface area contributed by atoms with Gasteiger partial charge in [-0.25, -0.2) is 0 Å². The Morgan fingerprint density at radius 3 is 2.71 bits per heavy atom. The zero-order chi connectivity index (χ0) is 12.4. The Morgan fingerprint density at radius 2 is 2.18 bits per heavy atom. The van der Waals surface area contributed by atoms with Crippen LogP contribution in [-0.2, 0) is 0 Å². The summed E-state index contributed by atoms with van der Waals surface area (Å²) in [4.78, 5) is 24.7. The Morgan fingerprint density at radius 1 is 1.53 bits per heavy atom. The van der Waals surface area contributed by atoms with E-state index in [1.54, 1.807) is 6.92 Å². The number of rotatable bonds is 4. The van der Waals surface area contributed by atoms with Crippen LogP contribution >= 0.6 is 11.3 Å². The number of thiophene rings is 1. The predicted octanol–water partition coefficient (Wildman–Crippen LogP) is 2.85. The van der Waals surface area contributed by atoms with Gasteiger partial charge in [0.25, 0.3) is 0 Å². The molecule has 1 saturated heterocycles. The molecule has 5 nitrogen and oxygen atoms in total. The lowest BCUT2D eigenvalue weighted by Crippen LogP contribution is -2.17. The van der Waals surface area contributed by atoms with Crippen LogP contribution in [0.4, 0.5) is 10.7 Å². The first kappa shape index (κ1) is 12.0. The van der Waals surface area contributed by atoms with Gasteiger partial charge in [-0.1, -0.05) is 6.92 Å². The molecule has 6 heteroatoms. The molecule has 92 valence electrons. The third-order valence-electron chi connectivity index (χ3n) is 2.88. The molecule has 1 aromatic heterocycles. The molecule has 0 unspecified atom stereocenters. The van der Waals surface area contributed by atoms with Crippen LogP contribution in [0.5, 0.6) is 0 Å². The number of nitro groups is 1. The van der Waals surface area contributed by atoms with Gasteiger partial charge in [0.15, 0.2) is 10.8 Å². The van der Waals surface area contributed by atoms with Crippen molar-refractivity contribution >= 4 is 27.8 Å². The number of nitrogens with zero attached hydrogens (tertiary/aromatic N) is 2. The second-order valence-electron chi connectivity index (χ2n) is 4.03. The average molecular weight is 254 g/mol. The highest BCUT2D eigenvalue weighted by atomic mass is 32.1. The van der Waals surface area contributed by atoms with Crippen LogP contribution in [0, 0.1) is 10.1 Å². The van der Waals surface area contributed by atoms with Crippen LogP contribution in [0.15, 0.2) is 6.07 Å². The van der Waals surface area contributed by atoms with Crippen molar-refractivity contribution in [3.8, 4) is 0 Å². The van der Waals surface area contributed by atoms with Crippen molar-refractivity contribution in [1.82, 2.24) is 0 Å². The van der Waals surface area contributed by atoms with Gasteiger partial charge in [-0.05, 0) is 12.8 Å². The fraction of sp³-hybridized carbons (Fsp3) is 0.545. The van der Waals surface area contributed by atoms with Crippen molar-refractivity contribution in [2.24, 2.45) is 0 Å². The lowest BCUT2D eigenvalue weighted by atomic mass is 10.2. The van der Waals surface area contributed by atoms with E-state index in [2.05, 4.69) is 0 Å². The van der Waals surface area contributed by atoms with Crippen LogP contribution in [-0.4, -0.2) is 23.8 Å². The lowest BCUT2D eigenvalue weighted by Gasteiger charge is -2.13. The molecule has 0 aromatic carbocycles. The third kappa shape index (κ3) is 2.31. The molecule has 0 aliphatic carbocycles. The van der Waals surface area contributed by atoms with Crippen molar-refractivity contribution < 1.29 is 9.72 Å². The van der Waals surface area contributed by atoms with E-state index < -0.39 is 4.92 Å². The number of hydrogen-bond donors (Lipinski definition) is 0. The molecule has 0 N–H and O–H groups in total. The van der Waals surface area contributed by atoms with E-state index >= 15 is 0 Å². The van der Waals surface area contributed by atoms with E-state index in [1.165, 1.54) is 17.4 Å². The molecule has 0 atom stereocenters. The smallest absolute Gasteiger partial charge is 0.304 e. The van der Waals surface area contributed by atoms with Gasteiger partial charge in [-0.3, -0.25) is 14.9 Å². The van der Waals surface area contributed by atoms with Gasteiger partial charge in [0.05, 0.1) is 9.80 Å². The summed E-state index contributed by atoms with van der Waals surface area (Å²) in [5.41, 5.74) is 0.0775. The van der Waals surface area contributed by atoms with Crippen LogP contribution in [0.1, 0.15) is 35.9 Å². The summed E-state index contributed by atoms with van der Waals surface area (Å²) in [5.74, 6) is -0.0245. The molecule has 0 saturated carbocycles. The maximum absolute atomic E-state index is 11.6. The molecule has 2 rings (SSSR count). The summed E-state index contributed by atoms with van der Waals surface area (Å²) in [6.45, 7) is 3.46. The summed E-state index contributed by atoms with van der Waals surface area (Å²) in [6, 6.07) is 1.42. The van der Waals surface area contributed by atoms with Gasteiger partial charge in [0.2, 0.25) is 0 Å². The first-order chi connectivity index (χ1) is 8.13. The van der Waals surface area contributed by atoms with Crippen LogP contribution in [0.25, 0.3) is 0 Å². The SMILES string of the molecule is CCC(=O)c1cc([N+](=O)[O-])c(N2CCCC2)s1. The van der Waals surface area contributed by atoms with Crippen LogP contribution in [0.3, 0.4) is 0 Å². The minimum Gasteiger partial charge on any atom is -0.358 e. The Labute approximate surface area is 103 Å². The zero-order valence-electron chi connectivity index (χ0n) is 9.64. The molecule has 1 fully saturated rings. The Bertz CT molecular complexity index is 450. The normalized spacial score (nSPS) is 15.2. The van der Waals surface area contributed by atoms with Gasteiger partial charge < -0.3 is 4.90 Å². The second kappa shape index (κ2) is 4.83. The maximum atomic E-state index is 11.6. The minimum atomic E-state index is -0.392. The van der Waals surface area contributed by atoms with Crippen molar-refractivity contribution in [2.75, 3.05) is 18.0 Å². The summed E-state index contributed by atoms with van der Waals surface area (Å²) in [5, 5.41) is 11.6. The van der Waals surface area contributed by atoms with Crippen molar-refractivity contribution in [3.05, 3.63) is 21.1 Å². The second-order valence-corrected chi connectivity index (χ2v) is 5.06. The van der Waals surface area contributed by atoms with Crippen LogP contribution < -0.4 is 4.90 Å². The van der Waals surface area contributed by atoms with E-state index in [-0.39, 0.29) is 11.5 Å². The number of ketones is 1. The van der Waals surface area contributed by atoms with E-state index in [0.29, 0.717) is 16.3 Å². The molecular weight excluding hydrogens is 240 g/mol. The van der Waals surface area contributed by atoms with Crippen LogP contribution in [0.2, 0.25) is 0 Å². The van der Waals surface area contributed by atoms with Crippen molar-refractivity contribution in [2.45, 2.75) is 26.2 Å². The van der Waals surface area contributed by atoms with E-state index in [0.717, 1.165) is 25.9 Å². The number of carbonyl (C=O) groups excluding carboxylic acids is 1. The molecule has 0 bridgehead atoms. The zero-order valence-corrected chi connectivity index (χ0v) is 10.5. The standard InChI is InChI=1S/C11H14N2O3S/c1-2-9(14)10-7-8(13(15)16)11(17-10)12-5-3-4-6-12/h7H,2-6H2,1H3. The van der Waals surface area contributed by atoms with E-state index in [1.807, 2.05) is 4.90 Å². The highest BCUT2D eigenvalue weighted by molar-refractivity contribution is 7.18. The fourth-order valence-electron chi connectivity index (χ4n) is 1.96. The van der Waals surface area contributed by atoms with E-state index in [4.69, 9.17) is 0 Å². The fourth-order valence-corrected chi connectivity index (χ4v) is 3.15. The average Bonchev–Trinajstić information content (AvgIpc) is 2.95. The Balaban J connectivity index is 2.37. The Hall–Kier alpha value is -1.43. The molecule has 0 radical (unpaired) electrons.